The van der Waals surface area contributed by atoms with Gasteiger partial charge in [-0.05, 0) is 115 Å². The zero-order valence-corrected chi connectivity index (χ0v) is 30.4. The second kappa shape index (κ2) is 11.4. The number of nitrogens with zero attached hydrogens (tertiary/aromatic N) is 1. The largest absolute Gasteiger partial charge is 0.310 e. The van der Waals surface area contributed by atoms with Crippen molar-refractivity contribution in [2.24, 2.45) is 0 Å². The highest BCUT2D eigenvalue weighted by Crippen LogP contribution is 2.53. The molecule has 250 valence electrons. The number of hydrogen-bond acceptors (Lipinski definition) is 2. The van der Waals surface area contributed by atoms with Gasteiger partial charge >= 0.3 is 0 Å². The van der Waals surface area contributed by atoms with Gasteiger partial charge in [-0.3, -0.25) is 0 Å². The number of fused-ring (bicyclic) bond motifs is 9. The first-order chi connectivity index (χ1) is 26.0. The Hall–Kier alpha value is -6.22. The van der Waals surface area contributed by atoms with Crippen LogP contribution in [0, 0.1) is 0 Å². The summed E-state index contributed by atoms with van der Waals surface area (Å²) >= 11 is 1.87. The van der Waals surface area contributed by atoms with E-state index in [1.54, 1.807) is 0 Å². The van der Waals surface area contributed by atoms with Gasteiger partial charge in [0.1, 0.15) is 0 Å². The number of rotatable bonds is 4. The van der Waals surface area contributed by atoms with E-state index in [1.165, 1.54) is 85.9 Å². The summed E-state index contributed by atoms with van der Waals surface area (Å²) in [6.07, 6.45) is 0. The molecule has 1 aliphatic rings. The van der Waals surface area contributed by atoms with Crippen molar-refractivity contribution in [3.05, 3.63) is 187 Å². The van der Waals surface area contributed by atoms with E-state index in [0.717, 1.165) is 17.1 Å². The summed E-state index contributed by atoms with van der Waals surface area (Å²) in [6, 6.07) is 65.6. The van der Waals surface area contributed by atoms with Crippen LogP contribution >= 0.6 is 11.3 Å². The molecule has 0 unspecified atom stereocenters. The predicted octanol–water partition coefficient (Wildman–Crippen LogP) is 15.0. The molecular weight excluding hydrogens is 659 g/mol. The fourth-order valence-electron chi connectivity index (χ4n) is 9.02. The molecule has 1 nitrogen and oxygen atoms in total. The molecule has 11 rings (SSSR count). The smallest absolute Gasteiger partial charge is 0.0546 e. The van der Waals surface area contributed by atoms with Gasteiger partial charge in [0.15, 0.2) is 0 Å². The Morgan fingerprint density at radius 3 is 1.83 bits per heavy atom. The van der Waals surface area contributed by atoms with E-state index >= 15 is 0 Å². The van der Waals surface area contributed by atoms with Gasteiger partial charge in [0.2, 0.25) is 0 Å². The van der Waals surface area contributed by atoms with Gasteiger partial charge in [-0.2, -0.15) is 0 Å². The highest BCUT2D eigenvalue weighted by Gasteiger charge is 2.36. The maximum absolute atomic E-state index is 2.52. The molecule has 9 aromatic carbocycles. The zero-order chi connectivity index (χ0) is 35.3. The molecule has 0 atom stereocenters. The standard InChI is InChI=1S/C51H35NS/c1-51(2)45-25-23-36(30-43(45)42-28-34-14-3-4-15-35(34)29-46(42)51)52(37-24-27-49-44(31-37)40-19-9-10-21-48(40)53-49)47-26-22-33-13-6-8-18-39(33)50(47)41-20-11-16-32-12-5-7-17-38(32)41/h3-31H,1-2H3. The quantitative estimate of drug-likeness (QED) is 0.177. The number of hydrogen-bond donors (Lipinski definition) is 0. The Bertz CT molecular complexity index is 3100. The van der Waals surface area contributed by atoms with E-state index < -0.39 is 0 Å². The highest BCUT2D eigenvalue weighted by atomic mass is 32.1. The summed E-state index contributed by atoms with van der Waals surface area (Å²) in [5.41, 5.74) is 11.2. The first-order valence-electron chi connectivity index (χ1n) is 18.4. The fraction of sp³-hybridized carbons (Fsp3) is 0.0588. The molecule has 0 N–H and O–H groups in total. The Labute approximate surface area is 313 Å². The van der Waals surface area contributed by atoms with E-state index in [2.05, 4.69) is 195 Å². The van der Waals surface area contributed by atoms with E-state index in [1.807, 2.05) is 11.3 Å². The van der Waals surface area contributed by atoms with Crippen LogP contribution in [0.3, 0.4) is 0 Å². The molecule has 0 saturated heterocycles. The van der Waals surface area contributed by atoms with Crippen LogP contribution in [0.4, 0.5) is 17.1 Å². The lowest BCUT2D eigenvalue weighted by Gasteiger charge is -2.30. The lowest BCUT2D eigenvalue weighted by atomic mass is 9.82. The van der Waals surface area contributed by atoms with Crippen LogP contribution in [0.2, 0.25) is 0 Å². The summed E-state index contributed by atoms with van der Waals surface area (Å²) in [4.78, 5) is 2.52. The van der Waals surface area contributed by atoms with Gasteiger partial charge in [0.05, 0.1) is 5.69 Å². The van der Waals surface area contributed by atoms with Gasteiger partial charge in [-0.1, -0.05) is 135 Å². The van der Waals surface area contributed by atoms with Crippen LogP contribution in [0.25, 0.3) is 74.7 Å². The molecule has 0 spiro atoms. The molecule has 0 saturated carbocycles. The second-order valence-electron chi connectivity index (χ2n) is 14.9. The number of thiophene rings is 1. The van der Waals surface area contributed by atoms with E-state index in [-0.39, 0.29) is 5.41 Å². The SMILES string of the molecule is CC1(C)c2ccc(N(c3ccc4sc5ccccc5c4c3)c3ccc4ccccc4c3-c3cccc4ccccc34)cc2-c2cc3ccccc3cc21. The Balaban J connectivity index is 1.23. The molecule has 0 radical (unpaired) electrons. The average molecular weight is 694 g/mol. The van der Waals surface area contributed by atoms with Gasteiger partial charge in [0.25, 0.3) is 0 Å². The Morgan fingerprint density at radius 1 is 0.396 bits per heavy atom. The average Bonchev–Trinajstić information content (AvgIpc) is 3.68. The third-order valence-electron chi connectivity index (χ3n) is 11.6. The first-order valence-corrected chi connectivity index (χ1v) is 19.2. The molecule has 0 fully saturated rings. The third-order valence-corrected chi connectivity index (χ3v) is 12.8. The molecule has 1 aromatic heterocycles. The van der Waals surface area contributed by atoms with Crippen molar-refractivity contribution in [2.75, 3.05) is 4.90 Å². The summed E-state index contributed by atoms with van der Waals surface area (Å²) in [7, 11) is 0. The van der Waals surface area contributed by atoms with Crippen molar-refractivity contribution < 1.29 is 0 Å². The zero-order valence-electron chi connectivity index (χ0n) is 29.6. The second-order valence-corrected chi connectivity index (χ2v) is 16.0. The van der Waals surface area contributed by atoms with Crippen LogP contribution in [0.5, 0.6) is 0 Å². The lowest BCUT2D eigenvalue weighted by Crippen LogP contribution is -2.15. The molecule has 1 heterocycles. The van der Waals surface area contributed by atoms with Crippen molar-refractivity contribution in [1.82, 2.24) is 0 Å². The predicted molar refractivity (Wildman–Crippen MR) is 230 cm³/mol. The fourth-order valence-corrected chi connectivity index (χ4v) is 10.1. The minimum absolute atomic E-state index is 0.108. The maximum Gasteiger partial charge on any atom is 0.0546 e. The molecular formula is C51H35NS. The van der Waals surface area contributed by atoms with E-state index in [4.69, 9.17) is 0 Å². The normalized spacial score (nSPS) is 13.2. The summed E-state index contributed by atoms with van der Waals surface area (Å²) < 4.78 is 2.62. The van der Waals surface area contributed by atoms with Gasteiger partial charge in [-0.25, -0.2) is 0 Å². The van der Waals surface area contributed by atoms with Crippen molar-refractivity contribution >= 4 is 80.9 Å². The van der Waals surface area contributed by atoms with Crippen LogP contribution in [-0.2, 0) is 5.41 Å². The van der Waals surface area contributed by atoms with Crippen LogP contribution < -0.4 is 4.90 Å². The third kappa shape index (κ3) is 4.56. The minimum atomic E-state index is -0.108. The van der Waals surface area contributed by atoms with Gasteiger partial charge in [0, 0.05) is 42.5 Å². The monoisotopic (exact) mass is 693 g/mol. The molecule has 1 aliphatic carbocycles. The maximum atomic E-state index is 2.52. The van der Waals surface area contributed by atoms with E-state index in [0.29, 0.717) is 0 Å². The topological polar surface area (TPSA) is 3.24 Å². The van der Waals surface area contributed by atoms with Crippen LogP contribution in [0.1, 0.15) is 25.0 Å². The minimum Gasteiger partial charge on any atom is -0.310 e. The van der Waals surface area contributed by atoms with Gasteiger partial charge < -0.3 is 4.90 Å². The van der Waals surface area contributed by atoms with E-state index in [9.17, 15) is 0 Å². The molecule has 10 aromatic rings. The Kier molecular flexibility index (Phi) is 6.53. The number of anilines is 3. The van der Waals surface area contributed by atoms with Crippen molar-refractivity contribution in [3.8, 4) is 22.3 Å². The van der Waals surface area contributed by atoms with Crippen LogP contribution in [-0.4, -0.2) is 0 Å². The molecule has 0 bridgehead atoms. The van der Waals surface area contributed by atoms with Crippen molar-refractivity contribution in [2.45, 2.75) is 19.3 Å². The summed E-state index contributed by atoms with van der Waals surface area (Å²) in [6.45, 7) is 4.75. The van der Waals surface area contributed by atoms with Crippen molar-refractivity contribution in [3.63, 3.8) is 0 Å². The van der Waals surface area contributed by atoms with Gasteiger partial charge in [-0.15, -0.1) is 11.3 Å². The first kappa shape index (κ1) is 30.4. The molecule has 2 heteroatoms. The number of benzene rings is 9. The summed E-state index contributed by atoms with van der Waals surface area (Å²) in [5.74, 6) is 0. The Morgan fingerprint density at radius 2 is 1.00 bits per heavy atom. The molecule has 0 aliphatic heterocycles. The van der Waals surface area contributed by atoms with Crippen LogP contribution in [0.15, 0.2) is 176 Å². The lowest BCUT2D eigenvalue weighted by molar-refractivity contribution is 0.661. The van der Waals surface area contributed by atoms with Crippen molar-refractivity contribution in [1.29, 1.82) is 0 Å². The molecule has 0 amide bonds. The highest BCUT2D eigenvalue weighted by molar-refractivity contribution is 7.25. The summed E-state index contributed by atoms with van der Waals surface area (Å²) in [5, 5.41) is 10.1. The molecule has 53 heavy (non-hydrogen) atoms.